The molecule has 0 bridgehead atoms. The number of nitriles is 1. The van der Waals surface area contributed by atoms with Gasteiger partial charge in [-0.2, -0.15) is 5.26 Å². The highest BCUT2D eigenvalue weighted by Gasteiger charge is 2.14. The standard InChI is InChI=1S/C12H12N4O/c13-8-9-1-2-10-11(7-9)15-12(14-10)16-3-5-17-6-4-16/h1-2,7H,3-6H2,(H,14,15). The van der Waals surface area contributed by atoms with Crippen LogP contribution in [0, 0.1) is 11.3 Å². The molecule has 0 aliphatic carbocycles. The zero-order chi connectivity index (χ0) is 11.7. The fraction of sp³-hybridized carbons (Fsp3) is 0.333. The van der Waals surface area contributed by atoms with Crippen LogP contribution in [-0.2, 0) is 4.74 Å². The van der Waals surface area contributed by atoms with Gasteiger partial charge in [0.1, 0.15) is 0 Å². The molecule has 0 spiro atoms. The lowest BCUT2D eigenvalue weighted by atomic mass is 10.2. The van der Waals surface area contributed by atoms with E-state index in [-0.39, 0.29) is 0 Å². The van der Waals surface area contributed by atoms with E-state index in [0.29, 0.717) is 5.56 Å². The van der Waals surface area contributed by atoms with Crippen LogP contribution in [0.4, 0.5) is 5.95 Å². The molecule has 5 heteroatoms. The molecule has 0 radical (unpaired) electrons. The van der Waals surface area contributed by atoms with Crippen molar-refractivity contribution in [2.45, 2.75) is 0 Å². The number of imidazole rings is 1. The van der Waals surface area contributed by atoms with Crippen molar-refractivity contribution in [2.24, 2.45) is 0 Å². The largest absolute Gasteiger partial charge is 0.378 e. The minimum Gasteiger partial charge on any atom is -0.378 e. The molecule has 2 heterocycles. The maximum absolute atomic E-state index is 8.84. The molecule has 1 aromatic carbocycles. The molecule has 0 atom stereocenters. The lowest BCUT2D eigenvalue weighted by Gasteiger charge is -2.26. The van der Waals surface area contributed by atoms with Crippen LogP contribution >= 0.6 is 0 Å². The zero-order valence-electron chi connectivity index (χ0n) is 9.31. The Morgan fingerprint density at radius 1 is 1.35 bits per heavy atom. The maximum Gasteiger partial charge on any atom is 0.203 e. The number of hydrogen-bond donors (Lipinski definition) is 1. The van der Waals surface area contributed by atoms with Gasteiger partial charge < -0.3 is 14.6 Å². The van der Waals surface area contributed by atoms with Crippen molar-refractivity contribution in [1.82, 2.24) is 9.97 Å². The summed E-state index contributed by atoms with van der Waals surface area (Å²) < 4.78 is 5.31. The summed E-state index contributed by atoms with van der Waals surface area (Å²) >= 11 is 0. The van der Waals surface area contributed by atoms with E-state index in [9.17, 15) is 0 Å². The van der Waals surface area contributed by atoms with Gasteiger partial charge in [-0.1, -0.05) is 0 Å². The lowest BCUT2D eigenvalue weighted by Crippen LogP contribution is -2.36. The fourth-order valence-corrected chi connectivity index (χ4v) is 1.99. The first-order chi connectivity index (χ1) is 8.36. The minimum atomic E-state index is 0.648. The summed E-state index contributed by atoms with van der Waals surface area (Å²) in [5, 5.41) is 8.84. The highest BCUT2D eigenvalue weighted by atomic mass is 16.5. The zero-order valence-corrected chi connectivity index (χ0v) is 9.31. The third-order valence-electron chi connectivity index (χ3n) is 2.91. The van der Waals surface area contributed by atoms with Gasteiger partial charge in [-0.25, -0.2) is 4.98 Å². The Labute approximate surface area is 98.6 Å². The van der Waals surface area contributed by atoms with Crippen molar-refractivity contribution < 1.29 is 4.74 Å². The molecule has 0 unspecified atom stereocenters. The van der Waals surface area contributed by atoms with Crippen LogP contribution in [-0.4, -0.2) is 36.3 Å². The number of benzene rings is 1. The Bertz CT molecular complexity index is 578. The molecule has 0 amide bonds. The van der Waals surface area contributed by atoms with E-state index in [2.05, 4.69) is 20.9 Å². The number of aromatic nitrogens is 2. The van der Waals surface area contributed by atoms with Crippen molar-refractivity contribution >= 4 is 17.0 Å². The number of anilines is 1. The van der Waals surface area contributed by atoms with Gasteiger partial charge in [0.25, 0.3) is 0 Å². The first-order valence-electron chi connectivity index (χ1n) is 5.59. The SMILES string of the molecule is N#Cc1ccc2nc(N3CCOCC3)[nH]c2c1. The Morgan fingerprint density at radius 2 is 2.18 bits per heavy atom. The molecular weight excluding hydrogens is 216 g/mol. The first-order valence-corrected chi connectivity index (χ1v) is 5.59. The number of hydrogen-bond acceptors (Lipinski definition) is 4. The van der Waals surface area contributed by atoms with E-state index in [4.69, 9.17) is 10.00 Å². The first kappa shape index (κ1) is 10.1. The Morgan fingerprint density at radius 3 is 2.94 bits per heavy atom. The van der Waals surface area contributed by atoms with E-state index in [0.717, 1.165) is 43.3 Å². The van der Waals surface area contributed by atoms with Crippen LogP contribution in [0.15, 0.2) is 18.2 Å². The highest BCUT2D eigenvalue weighted by molar-refractivity contribution is 5.79. The average molecular weight is 228 g/mol. The Balaban J connectivity index is 1.98. The molecule has 1 aliphatic heterocycles. The minimum absolute atomic E-state index is 0.648. The second-order valence-corrected chi connectivity index (χ2v) is 4.00. The molecule has 1 aromatic heterocycles. The molecule has 5 nitrogen and oxygen atoms in total. The quantitative estimate of drug-likeness (QED) is 0.798. The van der Waals surface area contributed by atoms with Gasteiger partial charge in [0.2, 0.25) is 5.95 Å². The van der Waals surface area contributed by atoms with Gasteiger partial charge in [-0.15, -0.1) is 0 Å². The molecule has 17 heavy (non-hydrogen) atoms. The molecule has 1 N–H and O–H groups in total. The van der Waals surface area contributed by atoms with E-state index < -0.39 is 0 Å². The summed E-state index contributed by atoms with van der Waals surface area (Å²) in [7, 11) is 0. The predicted molar refractivity (Wildman–Crippen MR) is 63.8 cm³/mol. The number of ether oxygens (including phenoxy) is 1. The maximum atomic E-state index is 8.84. The number of H-pyrrole nitrogens is 1. The van der Waals surface area contributed by atoms with Crippen molar-refractivity contribution in [3.63, 3.8) is 0 Å². The summed E-state index contributed by atoms with van der Waals surface area (Å²) in [6, 6.07) is 7.61. The average Bonchev–Trinajstić information content (AvgIpc) is 2.82. The second kappa shape index (κ2) is 4.07. The molecule has 86 valence electrons. The van der Waals surface area contributed by atoms with Crippen LogP contribution in [0.5, 0.6) is 0 Å². The molecule has 3 rings (SSSR count). The van der Waals surface area contributed by atoms with Crippen molar-refractivity contribution in [3.05, 3.63) is 23.8 Å². The number of nitrogens with zero attached hydrogens (tertiary/aromatic N) is 3. The molecule has 1 aliphatic rings. The lowest BCUT2D eigenvalue weighted by molar-refractivity contribution is 0.122. The Hall–Kier alpha value is -2.06. The normalized spacial score (nSPS) is 16.1. The summed E-state index contributed by atoms with van der Waals surface area (Å²) in [6.07, 6.45) is 0. The third-order valence-corrected chi connectivity index (χ3v) is 2.91. The van der Waals surface area contributed by atoms with E-state index in [1.165, 1.54) is 0 Å². The van der Waals surface area contributed by atoms with Crippen LogP contribution in [0.3, 0.4) is 0 Å². The molecule has 0 saturated carbocycles. The van der Waals surface area contributed by atoms with Gasteiger partial charge in [-0.3, -0.25) is 0 Å². The number of nitrogens with one attached hydrogen (secondary N) is 1. The fourth-order valence-electron chi connectivity index (χ4n) is 1.99. The van der Waals surface area contributed by atoms with E-state index in [1.807, 2.05) is 12.1 Å². The number of rotatable bonds is 1. The number of morpholine rings is 1. The smallest absolute Gasteiger partial charge is 0.203 e. The monoisotopic (exact) mass is 228 g/mol. The second-order valence-electron chi connectivity index (χ2n) is 4.00. The summed E-state index contributed by atoms with van der Waals surface area (Å²) in [5.41, 5.74) is 2.45. The van der Waals surface area contributed by atoms with Crippen molar-refractivity contribution in [1.29, 1.82) is 5.26 Å². The summed E-state index contributed by atoms with van der Waals surface area (Å²) in [5.74, 6) is 0.860. The van der Waals surface area contributed by atoms with Gasteiger partial charge in [-0.05, 0) is 18.2 Å². The highest BCUT2D eigenvalue weighted by Crippen LogP contribution is 2.19. The summed E-state index contributed by atoms with van der Waals surface area (Å²) in [4.78, 5) is 9.93. The van der Waals surface area contributed by atoms with Gasteiger partial charge in [0.15, 0.2) is 0 Å². The topological polar surface area (TPSA) is 64.9 Å². The molecule has 1 saturated heterocycles. The van der Waals surface area contributed by atoms with E-state index >= 15 is 0 Å². The number of aromatic amines is 1. The molecule has 2 aromatic rings. The van der Waals surface area contributed by atoms with Crippen LogP contribution in [0.25, 0.3) is 11.0 Å². The van der Waals surface area contributed by atoms with Gasteiger partial charge in [0, 0.05) is 13.1 Å². The number of fused-ring (bicyclic) bond motifs is 1. The summed E-state index contributed by atoms with van der Waals surface area (Å²) in [6.45, 7) is 3.18. The Kier molecular flexibility index (Phi) is 2.42. The van der Waals surface area contributed by atoms with Gasteiger partial charge in [0.05, 0.1) is 35.9 Å². The van der Waals surface area contributed by atoms with Gasteiger partial charge >= 0.3 is 0 Å². The van der Waals surface area contributed by atoms with Crippen molar-refractivity contribution in [2.75, 3.05) is 31.2 Å². The van der Waals surface area contributed by atoms with Crippen LogP contribution < -0.4 is 4.90 Å². The van der Waals surface area contributed by atoms with Crippen molar-refractivity contribution in [3.8, 4) is 6.07 Å². The van der Waals surface area contributed by atoms with Crippen LogP contribution in [0.2, 0.25) is 0 Å². The third kappa shape index (κ3) is 1.83. The molecular formula is C12H12N4O. The predicted octanol–water partition coefficient (Wildman–Crippen LogP) is 1.27. The molecule has 1 fully saturated rings. The van der Waals surface area contributed by atoms with E-state index in [1.54, 1.807) is 6.07 Å². The van der Waals surface area contributed by atoms with Crippen LogP contribution in [0.1, 0.15) is 5.56 Å².